The molecular formula is C15H33NO3Si. The van der Waals surface area contributed by atoms with Crippen molar-refractivity contribution in [1.82, 2.24) is 5.06 Å². The molecule has 0 saturated carbocycles. The third kappa shape index (κ3) is 4.57. The number of amides is 1. The van der Waals surface area contributed by atoms with Crippen molar-refractivity contribution in [1.29, 1.82) is 0 Å². The first kappa shape index (κ1) is 19.6. The molecular weight excluding hydrogens is 270 g/mol. The van der Waals surface area contributed by atoms with E-state index in [0.29, 0.717) is 23.0 Å². The van der Waals surface area contributed by atoms with Gasteiger partial charge in [0.05, 0.1) is 19.6 Å². The maximum atomic E-state index is 11.9. The summed E-state index contributed by atoms with van der Waals surface area (Å²) in [6.07, 6.45) is 0.296. The molecule has 0 aliphatic carbocycles. The summed E-state index contributed by atoms with van der Waals surface area (Å²) in [5, 5.41) is 1.27. The van der Waals surface area contributed by atoms with Crippen LogP contribution in [0, 0.1) is 0 Å². The Labute approximate surface area is 125 Å². The summed E-state index contributed by atoms with van der Waals surface area (Å²) in [6.45, 7) is 15.5. The van der Waals surface area contributed by atoms with Crippen molar-refractivity contribution in [3.8, 4) is 0 Å². The SMILES string of the molecule is CON(C)C(=O)C[C@H](C)O[Si](C(C)C)(C(C)C)C(C)C. The minimum Gasteiger partial charge on any atom is -0.413 e. The molecule has 0 N–H and O–H groups in total. The number of rotatable bonds is 8. The lowest BCUT2D eigenvalue weighted by Gasteiger charge is -2.44. The predicted octanol–water partition coefficient (Wildman–Crippen LogP) is 3.98. The fourth-order valence-corrected chi connectivity index (χ4v) is 8.87. The molecule has 0 bridgehead atoms. The van der Waals surface area contributed by atoms with Crippen molar-refractivity contribution < 1.29 is 14.1 Å². The molecule has 4 nitrogen and oxygen atoms in total. The van der Waals surface area contributed by atoms with Gasteiger partial charge in [-0.25, -0.2) is 5.06 Å². The zero-order valence-electron chi connectivity index (χ0n) is 14.7. The van der Waals surface area contributed by atoms with E-state index in [1.54, 1.807) is 7.05 Å². The fourth-order valence-electron chi connectivity index (χ4n) is 3.27. The van der Waals surface area contributed by atoms with Crippen molar-refractivity contribution in [2.24, 2.45) is 0 Å². The van der Waals surface area contributed by atoms with Gasteiger partial charge in [0.1, 0.15) is 0 Å². The molecule has 0 radical (unpaired) electrons. The number of hydrogen-bond acceptors (Lipinski definition) is 3. The van der Waals surface area contributed by atoms with Gasteiger partial charge in [-0.05, 0) is 23.5 Å². The number of hydrogen-bond donors (Lipinski definition) is 0. The largest absolute Gasteiger partial charge is 0.413 e. The first-order valence-corrected chi connectivity index (χ1v) is 9.72. The van der Waals surface area contributed by atoms with Crippen LogP contribution in [0.1, 0.15) is 54.9 Å². The van der Waals surface area contributed by atoms with Crippen LogP contribution >= 0.6 is 0 Å². The Balaban J connectivity index is 4.96. The van der Waals surface area contributed by atoms with Crippen molar-refractivity contribution in [2.75, 3.05) is 14.2 Å². The highest BCUT2D eigenvalue weighted by Crippen LogP contribution is 2.43. The molecule has 0 aromatic heterocycles. The second-order valence-corrected chi connectivity index (χ2v) is 11.9. The lowest BCUT2D eigenvalue weighted by molar-refractivity contribution is -0.170. The van der Waals surface area contributed by atoms with Crippen LogP contribution in [0.3, 0.4) is 0 Å². The first-order valence-electron chi connectivity index (χ1n) is 7.57. The molecule has 0 unspecified atom stereocenters. The molecule has 0 spiro atoms. The molecule has 0 aromatic rings. The lowest BCUT2D eigenvalue weighted by Crippen LogP contribution is -2.50. The molecule has 120 valence electrons. The molecule has 5 heteroatoms. The number of carbonyl (C=O) groups is 1. The lowest BCUT2D eigenvalue weighted by atomic mass is 10.3. The molecule has 1 atom stereocenters. The van der Waals surface area contributed by atoms with E-state index in [1.165, 1.54) is 12.2 Å². The normalized spacial score (nSPS) is 14.2. The average molecular weight is 304 g/mol. The molecule has 0 aliphatic heterocycles. The van der Waals surface area contributed by atoms with Gasteiger partial charge in [-0.3, -0.25) is 9.63 Å². The van der Waals surface area contributed by atoms with Crippen molar-refractivity contribution in [3.63, 3.8) is 0 Å². The second-order valence-electron chi connectivity index (χ2n) is 6.52. The van der Waals surface area contributed by atoms with Gasteiger partial charge in [0.2, 0.25) is 14.2 Å². The summed E-state index contributed by atoms with van der Waals surface area (Å²) in [5.41, 5.74) is 1.58. The van der Waals surface area contributed by atoms with Gasteiger partial charge >= 0.3 is 0 Å². The van der Waals surface area contributed by atoms with E-state index in [4.69, 9.17) is 9.26 Å². The van der Waals surface area contributed by atoms with Crippen LogP contribution in [-0.2, 0) is 14.1 Å². The molecule has 0 fully saturated rings. The van der Waals surface area contributed by atoms with E-state index in [1.807, 2.05) is 6.92 Å². The van der Waals surface area contributed by atoms with Gasteiger partial charge in [-0.2, -0.15) is 0 Å². The Kier molecular flexibility index (Phi) is 7.99. The van der Waals surface area contributed by atoms with Gasteiger partial charge in [0.25, 0.3) is 0 Å². The topological polar surface area (TPSA) is 38.8 Å². The van der Waals surface area contributed by atoms with E-state index >= 15 is 0 Å². The highest BCUT2D eigenvalue weighted by molar-refractivity contribution is 6.77. The fraction of sp³-hybridized carbons (Fsp3) is 0.933. The second kappa shape index (κ2) is 8.15. The third-order valence-electron chi connectivity index (χ3n) is 4.20. The van der Waals surface area contributed by atoms with Gasteiger partial charge in [0.15, 0.2) is 0 Å². The van der Waals surface area contributed by atoms with E-state index in [2.05, 4.69) is 41.5 Å². The Morgan fingerprint density at radius 1 is 1.00 bits per heavy atom. The number of hydroxylamine groups is 2. The van der Waals surface area contributed by atoms with Crippen molar-refractivity contribution in [3.05, 3.63) is 0 Å². The third-order valence-corrected chi connectivity index (χ3v) is 10.4. The maximum Gasteiger partial charge on any atom is 0.248 e. The molecule has 0 aromatic carbocycles. The molecule has 0 aliphatic rings. The Morgan fingerprint density at radius 3 is 1.70 bits per heavy atom. The summed E-state index contributed by atoms with van der Waals surface area (Å²) in [7, 11) is 1.22. The molecule has 1 amide bonds. The summed E-state index contributed by atoms with van der Waals surface area (Å²) in [4.78, 5) is 16.8. The molecule has 0 rings (SSSR count). The average Bonchev–Trinajstić information content (AvgIpc) is 2.33. The molecule has 0 heterocycles. The van der Waals surface area contributed by atoms with Crippen molar-refractivity contribution in [2.45, 2.75) is 77.6 Å². The zero-order valence-corrected chi connectivity index (χ0v) is 15.7. The van der Waals surface area contributed by atoms with Crippen LogP contribution < -0.4 is 0 Å². The minimum absolute atomic E-state index is 0.0424. The van der Waals surface area contributed by atoms with E-state index < -0.39 is 8.32 Å². The maximum absolute atomic E-state index is 11.9. The van der Waals surface area contributed by atoms with Crippen LogP contribution in [0.5, 0.6) is 0 Å². The number of carbonyl (C=O) groups excluding carboxylic acids is 1. The Morgan fingerprint density at radius 2 is 1.40 bits per heavy atom. The highest BCUT2D eigenvalue weighted by atomic mass is 28.4. The Hall–Kier alpha value is -0.393. The zero-order chi connectivity index (χ0) is 16.1. The van der Waals surface area contributed by atoms with Gasteiger partial charge < -0.3 is 4.43 Å². The van der Waals surface area contributed by atoms with Crippen LogP contribution in [0.2, 0.25) is 16.6 Å². The summed E-state index contributed by atoms with van der Waals surface area (Å²) >= 11 is 0. The predicted molar refractivity (Wildman–Crippen MR) is 86.0 cm³/mol. The quantitative estimate of drug-likeness (QED) is 0.503. The smallest absolute Gasteiger partial charge is 0.248 e. The van der Waals surface area contributed by atoms with E-state index in [9.17, 15) is 4.79 Å². The molecule has 20 heavy (non-hydrogen) atoms. The summed E-state index contributed by atoms with van der Waals surface area (Å²) < 4.78 is 6.52. The van der Waals surface area contributed by atoms with Crippen LogP contribution in [0.4, 0.5) is 0 Å². The van der Waals surface area contributed by atoms with Crippen LogP contribution in [0.15, 0.2) is 0 Å². The monoisotopic (exact) mass is 303 g/mol. The van der Waals surface area contributed by atoms with Gasteiger partial charge in [-0.15, -0.1) is 0 Å². The van der Waals surface area contributed by atoms with Crippen LogP contribution in [0.25, 0.3) is 0 Å². The van der Waals surface area contributed by atoms with E-state index in [0.717, 1.165) is 0 Å². The summed E-state index contributed by atoms with van der Waals surface area (Å²) in [6, 6.07) is 0. The molecule has 0 saturated heterocycles. The standard InChI is InChI=1S/C15H33NO3Si/c1-11(2)20(12(3)4,13(5)6)19-14(7)10-15(17)16(8)18-9/h11-14H,10H2,1-9H3/t14-/m0/s1. The number of nitrogens with zero attached hydrogens (tertiary/aromatic N) is 1. The summed E-state index contributed by atoms with van der Waals surface area (Å²) in [5.74, 6) is -0.0424. The van der Waals surface area contributed by atoms with Gasteiger partial charge in [-0.1, -0.05) is 41.5 Å². The first-order chi connectivity index (χ1) is 9.09. The van der Waals surface area contributed by atoms with Crippen molar-refractivity contribution >= 4 is 14.2 Å². The Bertz CT molecular complexity index is 284. The highest BCUT2D eigenvalue weighted by Gasteiger charge is 2.46. The van der Waals surface area contributed by atoms with E-state index in [-0.39, 0.29) is 12.0 Å². The minimum atomic E-state index is -1.91. The van der Waals surface area contributed by atoms with Gasteiger partial charge in [0, 0.05) is 7.05 Å². The van der Waals surface area contributed by atoms with Crippen LogP contribution in [-0.4, -0.2) is 39.5 Å².